The smallest absolute Gasteiger partial charge is 0.296 e. The van der Waals surface area contributed by atoms with E-state index in [1.165, 1.54) is 39.6 Å². The van der Waals surface area contributed by atoms with E-state index >= 15 is 0 Å². The Kier molecular flexibility index (Phi) is 7.90. The fourth-order valence-electron chi connectivity index (χ4n) is 4.17. The summed E-state index contributed by atoms with van der Waals surface area (Å²) in [6, 6.07) is 23.8. The summed E-state index contributed by atoms with van der Waals surface area (Å²) in [4.78, 5) is 28.1. The predicted octanol–water partition coefficient (Wildman–Crippen LogP) is 6.33. The lowest BCUT2D eigenvalue weighted by Gasteiger charge is -2.23. The van der Waals surface area contributed by atoms with Gasteiger partial charge in [0.1, 0.15) is 5.75 Å². The highest BCUT2D eigenvalue weighted by molar-refractivity contribution is 8.00. The lowest BCUT2D eigenvalue weighted by atomic mass is 9.95. The van der Waals surface area contributed by atoms with Gasteiger partial charge in [0.15, 0.2) is 15.9 Å². The summed E-state index contributed by atoms with van der Waals surface area (Å²) in [5.74, 6) is -0.430. The highest BCUT2D eigenvalue weighted by atomic mass is 32.2. The van der Waals surface area contributed by atoms with Gasteiger partial charge in [-0.05, 0) is 41.8 Å². The summed E-state index contributed by atoms with van der Waals surface area (Å²) in [6.45, 7) is 2.04. The van der Waals surface area contributed by atoms with E-state index < -0.39 is 23.5 Å². The molecule has 39 heavy (non-hydrogen) atoms. The van der Waals surface area contributed by atoms with Crippen molar-refractivity contribution >= 4 is 46.0 Å². The van der Waals surface area contributed by atoms with Crippen molar-refractivity contribution in [3.8, 4) is 5.75 Å². The van der Waals surface area contributed by atoms with E-state index in [0.717, 1.165) is 11.1 Å². The van der Waals surface area contributed by atoms with Crippen LogP contribution in [-0.2, 0) is 15.3 Å². The minimum atomic E-state index is -0.876. The number of thioether (sulfide) groups is 1. The number of anilines is 1. The van der Waals surface area contributed by atoms with Crippen LogP contribution in [0.2, 0.25) is 0 Å². The topological polar surface area (TPSA) is 92.6 Å². The van der Waals surface area contributed by atoms with E-state index in [4.69, 9.17) is 4.74 Å². The van der Waals surface area contributed by atoms with Crippen LogP contribution in [0.4, 0.5) is 5.13 Å². The molecule has 7 nitrogen and oxygen atoms in total. The second-order valence-electron chi connectivity index (χ2n) is 8.85. The molecule has 2 heterocycles. The van der Waals surface area contributed by atoms with Crippen LogP contribution >= 0.6 is 23.1 Å². The van der Waals surface area contributed by atoms with Gasteiger partial charge < -0.3 is 9.84 Å². The Hall–Kier alpha value is -4.21. The van der Waals surface area contributed by atoms with Crippen molar-refractivity contribution in [2.45, 2.75) is 23.1 Å². The first-order valence-electron chi connectivity index (χ1n) is 12.1. The van der Waals surface area contributed by atoms with Crippen molar-refractivity contribution in [2.75, 3.05) is 12.0 Å². The number of ether oxygens (including phenoxy) is 1. The van der Waals surface area contributed by atoms with Gasteiger partial charge >= 0.3 is 0 Å². The second-order valence-corrected chi connectivity index (χ2v) is 11.0. The number of aliphatic hydroxyl groups is 1. The molecule has 196 valence electrons. The van der Waals surface area contributed by atoms with Crippen LogP contribution in [-0.4, -0.2) is 34.1 Å². The zero-order chi connectivity index (χ0) is 27.4. The fourth-order valence-corrected chi connectivity index (χ4v) is 5.99. The number of hydrogen-bond acceptors (Lipinski definition) is 8. The summed E-state index contributed by atoms with van der Waals surface area (Å²) in [5, 5.41) is 19.8. The van der Waals surface area contributed by atoms with E-state index in [0.29, 0.717) is 26.5 Å². The summed E-state index contributed by atoms with van der Waals surface area (Å²) in [7, 11) is 1.56. The molecule has 1 N–H and O–H groups in total. The number of carbonyl (C=O) groups excluding carboxylic acids is 2. The average Bonchev–Trinajstić information content (AvgIpc) is 3.54. The quantitative estimate of drug-likeness (QED) is 0.147. The van der Waals surface area contributed by atoms with Crippen LogP contribution in [0.15, 0.2) is 101 Å². The Morgan fingerprint density at radius 2 is 1.77 bits per heavy atom. The zero-order valence-electron chi connectivity index (χ0n) is 21.3. The molecule has 1 atom stereocenters. The third-order valence-corrected chi connectivity index (χ3v) is 8.34. The number of aliphatic hydroxyl groups excluding tert-OH is 1. The van der Waals surface area contributed by atoms with E-state index in [1.54, 1.807) is 37.5 Å². The minimum Gasteiger partial charge on any atom is -0.503 e. The van der Waals surface area contributed by atoms with Crippen LogP contribution in [0.5, 0.6) is 5.75 Å². The number of nitrogens with zero attached hydrogens (tertiary/aromatic N) is 3. The van der Waals surface area contributed by atoms with Crippen molar-refractivity contribution in [1.82, 2.24) is 10.2 Å². The number of hydrogen-bond donors (Lipinski definition) is 1. The Balaban J connectivity index is 1.45. The molecule has 0 bridgehead atoms. The van der Waals surface area contributed by atoms with E-state index in [2.05, 4.69) is 34.5 Å². The number of rotatable bonds is 9. The SMILES string of the molecule is COc1ccc(C2C(C(=O)/C=C/c3ccccc3)=C(O)C(=O)N2c2nnc(SCc3ccc(C)cc3)s2)cc1. The van der Waals surface area contributed by atoms with Crippen molar-refractivity contribution in [3.63, 3.8) is 0 Å². The number of aryl methyl sites for hydroxylation is 1. The first-order valence-corrected chi connectivity index (χ1v) is 13.9. The molecular formula is C30H25N3O4S2. The molecule has 5 rings (SSSR count). The number of methoxy groups -OCH3 is 1. The van der Waals surface area contributed by atoms with Gasteiger partial charge in [0.2, 0.25) is 5.13 Å². The largest absolute Gasteiger partial charge is 0.503 e. The Bertz CT molecular complexity index is 1550. The standard InChI is InChI=1S/C30H25N3O4S2/c1-19-8-10-21(11-9-19)18-38-30-32-31-29(39-30)33-26(22-13-15-23(37-2)16-14-22)25(27(35)28(33)36)24(34)17-12-20-6-4-3-5-7-20/h3-17,26,35H,18H2,1-2H3/b17-12+. The van der Waals surface area contributed by atoms with Gasteiger partial charge in [0.05, 0.1) is 18.7 Å². The Morgan fingerprint density at radius 3 is 2.46 bits per heavy atom. The van der Waals surface area contributed by atoms with Gasteiger partial charge in [-0.2, -0.15) is 0 Å². The summed E-state index contributed by atoms with van der Waals surface area (Å²) in [5.41, 5.74) is 3.78. The molecule has 1 unspecified atom stereocenters. The molecule has 0 saturated heterocycles. The Morgan fingerprint density at radius 1 is 1.05 bits per heavy atom. The van der Waals surface area contributed by atoms with Gasteiger partial charge in [-0.1, -0.05) is 101 Å². The van der Waals surface area contributed by atoms with Gasteiger partial charge in [-0.3, -0.25) is 14.5 Å². The van der Waals surface area contributed by atoms with E-state index in [1.807, 2.05) is 37.3 Å². The zero-order valence-corrected chi connectivity index (χ0v) is 22.9. The molecule has 0 aliphatic carbocycles. The first kappa shape index (κ1) is 26.4. The van der Waals surface area contributed by atoms with Gasteiger partial charge in [-0.15, -0.1) is 10.2 Å². The van der Waals surface area contributed by atoms with Gasteiger partial charge in [0.25, 0.3) is 5.91 Å². The molecule has 1 amide bonds. The summed E-state index contributed by atoms with van der Waals surface area (Å²) < 4.78 is 5.95. The van der Waals surface area contributed by atoms with Crippen LogP contribution in [0.1, 0.15) is 28.3 Å². The Labute approximate surface area is 234 Å². The summed E-state index contributed by atoms with van der Waals surface area (Å²) in [6.07, 6.45) is 3.03. The molecule has 1 aromatic heterocycles. The average molecular weight is 556 g/mol. The van der Waals surface area contributed by atoms with Crippen molar-refractivity contribution in [1.29, 1.82) is 0 Å². The maximum absolute atomic E-state index is 13.4. The minimum absolute atomic E-state index is 0.0126. The van der Waals surface area contributed by atoms with E-state index in [-0.39, 0.29) is 5.57 Å². The van der Waals surface area contributed by atoms with Crippen LogP contribution in [0, 0.1) is 6.92 Å². The molecule has 0 fully saturated rings. The van der Waals surface area contributed by atoms with Crippen LogP contribution in [0.25, 0.3) is 6.08 Å². The summed E-state index contributed by atoms with van der Waals surface area (Å²) >= 11 is 2.75. The number of allylic oxidation sites excluding steroid dienone is 1. The van der Waals surface area contributed by atoms with Crippen molar-refractivity contribution in [3.05, 3.63) is 119 Å². The van der Waals surface area contributed by atoms with Gasteiger partial charge in [-0.25, -0.2) is 0 Å². The van der Waals surface area contributed by atoms with Crippen molar-refractivity contribution < 1.29 is 19.4 Å². The normalized spacial score (nSPS) is 15.4. The lowest BCUT2D eigenvalue weighted by molar-refractivity contribution is -0.117. The molecule has 9 heteroatoms. The monoisotopic (exact) mass is 555 g/mol. The predicted molar refractivity (Wildman–Crippen MR) is 154 cm³/mol. The third-order valence-electron chi connectivity index (χ3n) is 6.22. The molecule has 3 aromatic carbocycles. The number of aromatic nitrogens is 2. The third kappa shape index (κ3) is 5.79. The molecule has 0 spiro atoms. The number of carbonyl (C=O) groups is 2. The number of amides is 1. The lowest BCUT2D eigenvalue weighted by Crippen LogP contribution is -2.30. The maximum atomic E-state index is 13.4. The molecule has 1 aliphatic heterocycles. The first-order chi connectivity index (χ1) is 18.9. The molecular weight excluding hydrogens is 530 g/mol. The second kappa shape index (κ2) is 11.7. The molecule has 0 radical (unpaired) electrons. The molecule has 4 aromatic rings. The van der Waals surface area contributed by atoms with Crippen molar-refractivity contribution in [2.24, 2.45) is 0 Å². The van der Waals surface area contributed by atoms with Crippen LogP contribution in [0.3, 0.4) is 0 Å². The van der Waals surface area contributed by atoms with Crippen LogP contribution < -0.4 is 9.64 Å². The highest BCUT2D eigenvalue weighted by Crippen LogP contribution is 2.43. The number of ketones is 1. The number of benzene rings is 3. The maximum Gasteiger partial charge on any atom is 0.296 e. The molecule has 0 saturated carbocycles. The molecule has 1 aliphatic rings. The fraction of sp³-hybridized carbons (Fsp3) is 0.133. The van der Waals surface area contributed by atoms with E-state index in [9.17, 15) is 14.7 Å². The highest BCUT2D eigenvalue weighted by Gasteiger charge is 2.45. The van der Waals surface area contributed by atoms with Gasteiger partial charge in [0, 0.05) is 5.75 Å².